The van der Waals surface area contributed by atoms with Crippen molar-refractivity contribution >= 4 is 5.91 Å². The number of unbranched alkanes of at least 4 members (excludes halogenated alkanes) is 2. The molecule has 90 valence electrons. The zero-order chi connectivity index (χ0) is 11.8. The van der Waals surface area contributed by atoms with Gasteiger partial charge in [0.25, 0.3) is 5.91 Å². The summed E-state index contributed by atoms with van der Waals surface area (Å²) in [5, 5.41) is 0. The smallest absolute Gasteiger partial charge is 0.250 e. The quantitative estimate of drug-likeness (QED) is 0.291. The van der Waals surface area contributed by atoms with E-state index in [2.05, 4.69) is 31.1 Å². The molecule has 0 radical (unpaired) electrons. The van der Waals surface area contributed by atoms with E-state index in [-0.39, 0.29) is 11.9 Å². The van der Waals surface area contributed by atoms with E-state index >= 15 is 0 Å². The van der Waals surface area contributed by atoms with Gasteiger partial charge in [0, 0.05) is 6.04 Å². The average molecular weight is 215 g/mol. The Bertz CT molecular complexity index is 183. The molecule has 0 saturated carbocycles. The summed E-state index contributed by atoms with van der Waals surface area (Å²) in [6.45, 7) is 9.24. The van der Waals surface area contributed by atoms with Crippen molar-refractivity contribution in [2.75, 3.05) is 6.54 Å². The van der Waals surface area contributed by atoms with Crippen molar-refractivity contribution in [3.63, 3.8) is 0 Å². The van der Waals surface area contributed by atoms with E-state index in [1.807, 2.05) is 6.92 Å². The van der Waals surface area contributed by atoms with Gasteiger partial charge in [-0.25, -0.2) is 5.84 Å². The molecule has 15 heavy (non-hydrogen) atoms. The molecular weight excluding hydrogens is 190 g/mol. The summed E-state index contributed by atoms with van der Waals surface area (Å²) in [5.41, 5.74) is 2.21. The van der Waals surface area contributed by atoms with Gasteiger partial charge >= 0.3 is 0 Å². The third kappa shape index (κ3) is 5.14. The monoisotopic (exact) mass is 215 g/mol. The van der Waals surface area contributed by atoms with Crippen LogP contribution in [0.5, 0.6) is 0 Å². The Morgan fingerprint density at radius 1 is 1.33 bits per heavy atom. The van der Waals surface area contributed by atoms with Crippen LogP contribution in [0.2, 0.25) is 0 Å². The van der Waals surface area contributed by atoms with Gasteiger partial charge in [-0.2, -0.15) is 0 Å². The van der Waals surface area contributed by atoms with Crippen LogP contribution in [0.15, 0.2) is 0 Å². The van der Waals surface area contributed by atoms with E-state index in [0.717, 1.165) is 13.0 Å². The Balaban J connectivity index is 4.19. The number of hydrogen-bond acceptors (Lipinski definition) is 3. The first-order chi connectivity index (χ1) is 7.04. The molecular formula is C11H25N3O. The van der Waals surface area contributed by atoms with Crippen LogP contribution in [0.3, 0.4) is 0 Å². The van der Waals surface area contributed by atoms with Gasteiger partial charge in [-0.05, 0) is 33.7 Å². The highest BCUT2D eigenvalue weighted by atomic mass is 16.2. The zero-order valence-corrected chi connectivity index (χ0v) is 10.4. The van der Waals surface area contributed by atoms with E-state index in [1.165, 1.54) is 12.8 Å². The lowest BCUT2D eigenvalue weighted by atomic mass is 10.1. The Morgan fingerprint density at radius 3 is 2.33 bits per heavy atom. The first kappa shape index (κ1) is 14.4. The van der Waals surface area contributed by atoms with Gasteiger partial charge in [0.15, 0.2) is 0 Å². The molecule has 0 aromatic carbocycles. The van der Waals surface area contributed by atoms with E-state index < -0.39 is 0 Å². The van der Waals surface area contributed by atoms with Crippen molar-refractivity contribution in [2.45, 2.75) is 59.0 Å². The fourth-order valence-corrected chi connectivity index (χ4v) is 1.71. The Morgan fingerprint density at radius 2 is 1.93 bits per heavy atom. The molecule has 0 bridgehead atoms. The summed E-state index contributed by atoms with van der Waals surface area (Å²) in [7, 11) is 0. The summed E-state index contributed by atoms with van der Waals surface area (Å²) < 4.78 is 0. The fourth-order valence-electron chi connectivity index (χ4n) is 1.71. The standard InChI is InChI=1S/C11H25N3O/c1-5-6-7-8-14(9(2)3)10(4)11(15)13-12/h9-10H,5-8,12H2,1-4H3,(H,13,15). The fraction of sp³-hybridized carbons (Fsp3) is 0.909. The van der Waals surface area contributed by atoms with Gasteiger partial charge in [0.1, 0.15) is 0 Å². The van der Waals surface area contributed by atoms with E-state index in [9.17, 15) is 4.79 Å². The van der Waals surface area contributed by atoms with Crippen LogP contribution in [0.25, 0.3) is 0 Å². The number of hydrogen-bond donors (Lipinski definition) is 2. The molecule has 4 nitrogen and oxygen atoms in total. The van der Waals surface area contributed by atoms with Crippen molar-refractivity contribution in [3.8, 4) is 0 Å². The van der Waals surface area contributed by atoms with Crippen molar-refractivity contribution in [3.05, 3.63) is 0 Å². The lowest BCUT2D eigenvalue weighted by molar-refractivity contribution is -0.126. The summed E-state index contributed by atoms with van der Waals surface area (Å²) in [4.78, 5) is 13.6. The van der Waals surface area contributed by atoms with Gasteiger partial charge in [0.05, 0.1) is 6.04 Å². The van der Waals surface area contributed by atoms with Crippen LogP contribution >= 0.6 is 0 Å². The number of nitrogens with two attached hydrogens (primary N) is 1. The van der Waals surface area contributed by atoms with Gasteiger partial charge in [-0.3, -0.25) is 15.1 Å². The molecule has 1 atom stereocenters. The van der Waals surface area contributed by atoms with Crippen LogP contribution in [0, 0.1) is 0 Å². The third-order valence-corrected chi connectivity index (χ3v) is 2.70. The number of carbonyl (C=O) groups is 1. The summed E-state index contributed by atoms with van der Waals surface area (Å²) in [6, 6.07) is 0.223. The largest absolute Gasteiger partial charge is 0.293 e. The molecule has 0 aliphatic rings. The first-order valence-corrected chi connectivity index (χ1v) is 5.80. The number of hydrazine groups is 1. The molecule has 0 aliphatic heterocycles. The number of amides is 1. The van der Waals surface area contributed by atoms with E-state index in [4.69, 9.17) is 5.84 Å². The number of nitrogens with one attached hydrogen (secondary N) is 1. The Labute approximate surface area is 93.2 Å². The molecule has 0 heterocycles. The van der Waals surface area contributed by atoms with Gasteiger partial charge in [-0.15, -0.1) is 0 Å². The minimum Gasteiger partial charge on any atom is -0.293 e. The molecule has 1 unspecified atom stereocenters. The summed E-state index contributed by atoms with van der Waals surface area (Å²) in [6.07, 6.45) is 3.54. The van der Waals surface area contributed by atoms with Crippen LogP contribution in [-0.2, 0) is 4.79 Å². The average Bonchev–Trinajstić information content (AvgIpc) is 2.22. The number of carbonyl (C=O) groups excluding carboxylic acids is 1. The third-order valence-electron chi connectivity index (χ3n) is 2.70. The van der Waals surface area contributed by atoms with Crippen LogP contribution in [0.4, 0.5) is 0 Å². The maximum absolute atomic E-state index is 11.4. The minimum atomic E-state index is -0.146. The lowest BCUT2D eigenvalue weighted by Crippen LogP contribution is -2.50. The van der Waals surface area contributed by atoms with Crippen LogP contribution < -0.4 is 11.3 Å². The van der Waals surface area contributed by atoms with Crippen molar-refractivity contribution < 1.29 is 4.79 Å². The highest BCUT2D eigenvalue weighted by Crippen LogP contribution is 2.08. The first-order valence-electron chi connectivity index (χ1n) is 5.80. The van der Waals surface area contributed by atoms with Crippen molar-refractivity contribution in [1.82, 2.24) is 10.3 Å². The van der Waals surface area contributed by atoms with E-state index in [0.29, 0.717) is 6.04 Å². The van der Waals surface area contributed by atoms with Gasteiger partial charge in [0.2, 0.25) is 0 Å². The minimum absolute atomic E-state index is 0.111. The SMILES string of the molecule is CCCCCN(C(C)C)C(C)C(=O)NN. The molecule has 0 rings (SSSR count). The lowest BCUT2D eigenvalue weighted by Gasteiger charge is -2.31. The predicted molar refractivity (Wildman–Crippen MR) is 63.2 cm³/mol. The maximum Gasteiger partial charge on any atom is 0.250 e. The van der Waals surface area contributed by atoms with Gasteiger partial charge in [-0.1, -0.05) is 19.8 Å². The maximum atomic E-state index is 11.4. The summed E-state index contributed by atoms with van der Waals surface area (Å²) in [5.74, 6) is 5.03. The molecule has 0 saturated heterocycles. The predicted octanol–water partition coefficient (Wildman–Crippen LogP) is 1.27. The molecule has 1 amide bonds. The molecule has 0 aliphatic carbocycles. The Kier molecular flexibility index (Phi) is 7.34. The second-order valence-electron chi connectivity index (χ2n) is 4.22. The zero-order valence-electron chi connectivity index (χ0n) is 10.4. The number of rotatable bonds is 7. The van der Waals surface area contributed by atoms with Crippen LogP contribution in [-0.4, -0.2) is 29.4 Å². The second kappa shape index (κ2) is 7.65. The highest BCUT2D eigenvalue weighted by molar-refractivity contribution is 5.80. The molecule has 0 spiro atoms. The highest BCUT2D eigenvalue weighted by Gasteiger charge is 2.22. The van der Waals surface area contributed by atoms with Crippen molar-refractivity contribution in [2.24, 2.45) is 5.84 Å². The van der Waals surface area contributed by atoms with E-state index in [1.54, 1.807) is 0 Å². The molecule has 0 fully saturated rings. The van der Waals surface area contributed by atoms with Crippen molar-refractivity contribution in [1.29, 1.82) is 0 Å². The van der Waals surface area contributed by atoms with Crippen LogP contribution in [0.1, 0.15) is 47.0 Å². The molecule has 0 aromatic heterocycles. The normalized spacial score (nSPS) is 13.3. The van der Waals surface area contributed by atoms with Gasteiger partial charge < -0.3 is 0 Å². The topological polar surface area (TPSA) is 58.4 Å². The number of nitrogens with zero attached hydrogens (tertiary/aromatic N) is 1. The molecule has 3 N–H and O–H groups in total. The molecule has 0 aromatic rings. The summed E-state index contributed by atoms with van der Waals surface area (Å²) >= 11 is 0. The molecule has 4 heteroatoms. The Hall–Kier alpha value is -0.610. The second-order valence-corrected chi connectivity index (χ2v) is 4.22.